The van der Waals surface area contributed by atoms with Gasteiger partial charge in [0.2, 0.25) is 0 Å². The maximum absolute atomic E-state index is 4.19. The van der Waals surface area contributed by atoms with Gasteiger partial charge in [-0.1, -0.05) is 18.7 Å². The van der Waals surface area contributed by atoms with Gasteiger partial charge >= 0.3 is 0 Å². The molecule has 68 valence electrons. The maximum Gasteiger partial charge on any atom is 0.149 e. The van der Waals surface area contributed by atoms with Gasteiger partial charge in [0.15, 0.2) is 0 Å². The minimum Gasteiger partial charge on any atom is -0.316 e. The third kappa shape index (κ3) is 4.09. The fourth-order valence-electron chi connectivity index (χ4n) is 0.794. The minimum atomic E-state index is 1.08. The molecular weight excluding hydrogens is 188 g/mol. The standard InChI is InChI=1S/C8H14N2S2/c1-2-3-9-4-6-11-8-10-5-7-12-8/h5,7,9H,2-4,6H2,1H3. The smallest absolute Gasteiger partial charge is 0.149 e. The first-order chi connectivity index (χ1) is 5.93. The molecule has 1 rings (SSSR count). The van der Waals surface area contributed by atoms with E-state index in [4.69, 9.17) is 0 Å². The summed E-state index contributed by atoms with van der Waals surface area (Å²) in [5, 5.41) is 5.37. The zero-order valence-corrected chi connectivity index (χ0v) is 8.88. The van der Waals surface area contributed by atoms with Crippen LogP contribution >= 0.6 is 23.1 Å². The van der Waals surface area contributed by atoms with Crippen LogP contribution in [0.15, 0.2) is 15.9 Å². The molecule has 0 aromatic carbocycles. The number of rotatable bonds is 6. The maximum atomic E-state index is 4.19. The first kappa shape index (κ1) is 10.0. The van der Waals surface area contributed by atoms with E-state index in [9.17, 15) is 0 Å². The average molecular weight is 202 g/mol. The zero-order chi connectivity index (χ0) is 8.65. The highest BCUT2D eigenvalue weighted by Gasteiger charge is 1.94. The molecule has 0 unspecified atom stereocenters. The molecule has 0 fully saturated rings. The Balaban J connectivity index is 1.96. The first-order valence-corrected chi connectivity index (χ1v) is 6.03. The van der Waals surface area contributed by atoms with Gasteiger partial charge in [0.05, 0.1) is 0 Å². The molecule has 0 saturated carbocycles. The fraction of sp³-hybridized carbons (Fsp3) is 0.625. The molecule has 0 aliphatic rings. The molecule has 0 aliphatic carbocycles. The average Bonchev–Trinajstić information content (AvgIpc) is 2.57. The summed E-state index contributed by atoms with van der Waals surface area (Å²) >= 11 is 3.53. The van der Waals surface area contributed by atoms with E-state index < -0.39 is 0 Å². The number of nitrogens with one attached hydrogen (secondary N) is 1. The Labute approximate surface area is 81.8 Å². The van der Waals surface area contributed by atoms with Crippen LogP contribution in [0.4, 0.5) is 0 Å². The van der Waals surface area contributed by atoms with Crippen molar-refractivity contribution >= 4 is 23.1 Å². The third-order valence-electron chi connectivity index (χ3n) is 1.34. The van der Waals surface area contributed by atoms with Crippen molar-refractivity contribution in [1.29, 1.82) is 0 Å². The normalized spacial score (nSPS) is 10.4. The number of hydrogen-bond donors (Lipinski definition) is 1. The molecule has 1 N–H and O–H groups in total. The second kappa shape index (κ2) is 6.46. The lowest BCUT2D eigenvalue weighted by Crippen LogP contribution is -2.17. The van der Waals surface area contributed by atoms with Crippen LogP contribution < -0.4 is 5.32 Å². The van der Waals surface area contributed by atoms with E-state index in [-0.39, 0.29) is 0 Å². The second-order valence-electron chi connectivity index (χ2n) is 2.40. The van der Waals surface area contributed by atoms with Crippen LogP contribution in [0.1, 0.15) is 13.3 Å². The van der Waals surface area contributed by atoms with Gasteiger partial charge in [-0.05, 0) is 13.0 Å². The van der Waals surface area contributed by atoms with Gasteiger partial charge in [0.1, 0.15) is 4.34 Å². The van der Waals surface area contributed by atoms with Crippen LogP contribution in [-0.2, 0) is 0 Å². The van der Waals surface area contributed by atoms with E-state index in [1.165, 1.54) is 10.8 Å². The van der Waals surface area contributed by atoms with Gasteiger partial charge < -0.3 is 5.32 Å². The van der Waals surface area contributed by atoms with E-state index in [1.54, 1.807) is 11.3 Å². The molecule has 0 saturated heterocycles. The SMILES string of the molecule is CCCNCCSc1nccs1. The molecule has 12 heavy (non-hydrogen) atoms. The molecule has 1 heterocycles. The molecule has 0 aliphatic heterocycles. The van der Waals surface area contributed by atoms with Gasteiger partial charge in [0.25, 0.3) is 0 Å². The molecule has 0 spiro atoms. The Bertz CT molecular complexity index is 187. The largest absolute Gasteiger partial charge is 0.316 e. The van der Waals surface area contributed by atoms with E-state index in [2.05, 4.69) is 17.2 Å². The molecule has 4 heteroatoms. The summed E-state index contributed by atoms with van der Waals surface area (Å²) < 4.78 is 1.17. The molecule has 1 aromatic heterocycles. The number of nitrogens with zero attached hydrogens (tertiary/aromatic N) is 1. The highest BCUT2D eigenvalue weighted by Crippen LogP contribution is 2.18. The molecule has 0 amide bonds. The Kier molecular flexibility index (Phi) is 5.39. The number of aromatic nitrogens is 1. The van der Waals surface area contributed by atoms with E-state index >= 15 is 0 Å². The summed E-state index contributed by atoms with van der Waals surface area (Å²) in [5.41, 5.74) is 0. The summed E-state index contributed by atoms with van der Waals surface area (Å²) in [6.45, 7) is 4.39. The summed E-state index contributed by atoms with van der Waals surface area (Å²) in [4.78, 5) is 4.19. The Morgan fingerprint density at radius 1 is 1.58 bits per heavy atom. The lowest BCUT2D eigenvalue weighted by atomic mass is 10.5. The predicted octanol–water partition coefficient (Wildman–Crippen LogP) is 2.23. The zero-order valence-electron chi connectivity index (χ0n) is 7.25. The fourth-order valence-corrected chi connectivity index (χ4v) is 2.40. The summed E-state index contributed by atoms with van der Waals surface area (Å²) in [5.74, 6) is 1.12. The Morgan fingerprint density at radius 3 is 3.17 bits per heavy atom. The van der Waals surface area contributed by atoms with Crippen molar-refractivity contribution in [2.24, 2.45) is 0 Å². The number of thioether (sulfide) groups is 1. The second-order valence-corrected chi connectivity index (χ2v) is 4.63. The Morgan fingerprint density at radius 2 is 2.50 bits per heavy atom. The lowest BCUT2D eigenvalue weighted by Gasteiger charge is -1.99. The van der Waals surface area contributed by atoms with Crippen LogP contribution in [0.2, 0.25) is 0 Å². The van der Waals surface area contributed by atoms with Gasteiger partial charge in [-0.3, -0.25) is 0 Å². The van der Waals surface area contributed by atoms with Crippen molar-refractivity contribution in [2.75, 3.05) is 18.8 Å². The van der Waals surface area contributed by atoms with Crippen molar-refractivity contribution in [3.05, 3.63) is 11.6 Å². The molecule has 0 radical (unpaired) electrons. The highest BCUT2D eigenvalue weighted by atomic mass is 32.2. The lowest BCUT2D eigenvalue weighted by molar-refractivity contribution is 0.707. The molecule has 0 bridgehead atoms. The molecule has 1 aromatic rings. The molecular formula is C8H14N2S2. The minimum absolute atomic E-state index is 1.08. The van der Waals surface area contributed by atoms with Crippen molar-refractivity contribution in [2.45, 2.75) is 17.7 Å². The quantitative estimate of drug-likeness (QED) is 0.565. The highest BCUT2D eigenvalue weighted by molar-refractivity contribution is 8.01. The van der Waals surface area contributed by atoms with Crippen molar-refractivity contribution < 1.29 is 0 Å². The first-order valence-electron chi connectivity index (χ1n) is 4.16. The van der Waals surface area contributed by atoms with Crippen LogP contribution in [-0.4, -0.2) is 23.8 Å². The van der Waals surface area contributed by atoms with E-state index in [1.807, 2.05) is 23.3 Å². The summed E-state index contributed by atoms with van der Waals surface area (Å²) in [6, 6.07) is 0. The van der Waals surface area contributed by atoms with E-state index in [0.29, 0.717) is 0 Å². The van der Waals surface area contributed by atoms with Crippen molar-refractivity contribution in [3.8, 4) is 0 Å². The van der Waals surface area contributed by atoms with Crippen molar-refractivity contribution in [1.82, 2.24) is 10.3 Å². The van der Waals surface area contributed by atoms with Gasteiger partial charge in [-0.25, -0.2) is 4.98 Å². The number of thiazole rings is 1. The third-order valence-corrected chi connectivity index (χ3v) is 3.31. The van der Waals surface area contributed by atoms with Crippen LogP contribution in [0.25, 0.3) is 0 Å². The molecule has 2 nitrogen and oxygen atoms in total. The van der Waals surface area contributed by atoms with Gasteiger partial charge in [-0.15, -0.1) is 11.3 Å². The predicted molar refractivity (Wildman–Crippen MR) is 56.0 cm³/mol. The number of hydrogen-bond acceptors (Lipinski definition) is 4. The Hall–Kier alpha value is -0.0600. The topological polar surface area (TPSA) is 24.9 Å². The van der Waals surface area contributed by atoms with Crippen molar-refractivity contribution in [3.63, 3.8) is 0 Å². The van der Waals surface area contributed by atoms with Crippen LogP contribution in [0, 0.1) is 0 Å². The van der Waals surface area contributed by atoms with Gasteiger partial charge in [-0.2, -0.15) is 0 Å². The molecule has 0 atom stereocenters. The monoisotopic (exact) mass is 202 g/mol. The van der Waals surface area contributed by atoms with Gasteiger partial charge in [0, 0.05) is 23.9 Å². The summed E-state index contributed by atoms with van der Waals surface area (Å²) in [7, 11) is 0. The van der Waals surface area contributed by atoms with Crippen LogP contribution in [0.3, 0.4) is 0 Å². The van der Waals surface area contributed by atoms with E-state index in [0.717, 1.165) is 18.8 Å². The summed E-state index contributed by atoms with van der Waals surface area (Å²) in [6.07, 6.45) is 3.06. The van der Waals surface area contributed by atoms with Crippen LogP contribution in [0.5, 0.6) is 0 Å².